The largest absolute Gasteiger partial charge is 0.381 e. The number of aromatic nitrogens is 1. The van der Waals surface area contributed by atoms with Crippen molar-refractivity contribution in [2.75, 3.05) is 43.9 Å². The molecule has 1 aromatic heterocycles. The van der Waals surface area contributed by atoms with Crippen LogP contribution in [0.15, 0.2) is 18.3 Å². The van der Waals surface area contributed by atoms with E-state index in [4.69, 9.17) is 0 Å². The van der Waals surface area contributed by atoms with Gasteiger partial charge in [-0.05, 0) is 50.2 Å². The van der Waals surface area contributed by atoms with Crippen LogP contribution in [0, 0.1) is 5.92 Å². The maximum atomic E-state index is 12.2. The van der Waals surface area contributed by atoms with Gasteiger partial charge in [0.1, 0.15) is 5.82 Å². The number of nitrogens with one attached hydrogen (secondary N) is 2. The fourth-order valence-corrected chi connectivity index (χ4v) is 3.08. The first-order valence-electron chi connectivity index (χ1n) is 9.04. The molecule has 0 spiro atoms. The number of urea groups is 1. The summed E-state index contributed by atoms with van der Waals surface area (Å²) < 4.78 is 0. The highest BCUT2D eigenvalue weighted by molar-refractivity contribution is 5.74. The zero-order chi connectivity index (χ0) is 16.9. The Balaban J connectivity index is 1.46. The van der Waals surface area contributed by atoms with Crippen molar-refractivity contribution in [3.63, 3.8) is 0 Å². The monoisotopic (exact) mass is 331 g/mol. The molecule has 1 aliphatic carbocycles. The second kappa shape index (κ2) is 7.73. The van der Waals surface area contributed by atoms with E-state index in [1.807, 2.05) is 36.2 Å². The molecule has 0 unspecified atom stereocenters. The Morgan fingerprint density at radius 2 is 2.08 bits per heavy atom. The van der Waals surface area contributed by atoms with Gasteiger partial charge in [0.2, 0.25) is 0 Å². The van der Waals surface area contributed by atoms with Gasteiger partial charge in [0.15, 0.2) is 0 Å². The van der Waals surface area contributed by atoms with Crippen molar-refractivity contribution in [3.05, 3.63) is 18.3 Å². The molecule has 132 valence electrons. The summed E-state index contributed by atoms with van der Waals surface area (Å²) in [5.41, 5.74) is 1.05. The van der Waals surface area contributed by atoms with Crippen molar-refractivity contribution in [3.8, 4) is 0 Å². The number of rotatable bonds is 5. The van der Waals surface area contributed by atoms with Crippen LogP contribution in [0.25, 0.3) is 0 Å². The van der Waals surface area contributed by atoms with Gasteiger partial charge >= 0.3 is 6.03 Å². The molecule has 0 aromatic carbocycles. The highest BCUT2D eigenvalue weighted by Gasteiger charge is 2.24. The maximum Gasteiger partial charge on any atom is 0.317 e. The third-order valence-corrected chi connectivity index (χ3v) is 4.83. The first-order chi connectivity index (χ1) is 11.6. The van der Waals surface area contributed by atoms with Gasteiger partial charge < -0.3 is 20.4 Å². The minimum Gasteiger partial charge on any atom is -0.381 e. The number of amides is 2. The van der Waals surface area contributed by atoms with Crippen LogP contribution < -0.4 is 15.5 Å². The minimum absolute atomic E-state index is 0.111. The molecule has 2 heterocycles. The smallest absolute Gasteiger partial charge is 0.317 e. The van der Waals surface area contributed by atoms with E-state index in [2.05, 4.69) is 21.7 Å². The molecule has 1 saturated carbocycles. The first kappa shape index (κ1) is 16.9. The lowest BCUT2D eigenvalue weighted by atomic mass is 10.1. The summed E-state index contributed by atoms with van der Waals surface area (Å²) in [5, 5.41) is 6.64. The summed E-state index contributed by atoms with van der Waals surface area (Å²) in [5.74, 6) is 1.69. The average molecular weight is 331 g/mol. The predicted octanol–water partition coefficient (Wildman–Crippen LogP) is 2.53. The summed E-state index contributed by atoms with van der Waals surface area (Å²) in [4.78, 5) is 20.6. The molecule has 1 aliphatic heterocycles. The summed E-state index contributed by atoms with van der Waals surface area (Å²) in [6.45, 7) is 2.52. The molecule has 0 radical (unpaired) electrons. The van der Waals surface area contributed by atoms with Crippen LogP contribution in [0.4, 0.5) is 16.3 Å². The van der Waals surface area contributed by atoms with Crippen LogP contribution in [-0.4, -0.2) is 55.7 Å². The minimum atomic E-state index is 0.111. The summed E-state index contributed by atoms with van der Waals surface area (Å²) in [6, 6.07) is 4.61. The van der Waals surface area contributed by atoms with Crippen molar-refractivity contribution >= 4 is 17.5 Å². The molecule has 1 aromatic rings. The molecule has 1 saturated heterocycles. The third-order valence-electron chi connectivity index (χ3n) is 4.83. The topological polar surface area (TPSA) is 60.5 Å². The normalized spacial score (nSPS) is 21.1. The Bertz CT molecular complexity index is 541. The Kier molecular flexibility index (Phi) is 5.43. The average Bonchev–Trinajstić information content (AvgIpc) is 3.41. The van der Waals surface area contributed by atoms with E-state index in [1.54, 1.807) is 0 Å². The number of pyridine rings is 1. The molecule has 24 heavy (non-hydrogen) atoms. The molecule has 2 amide bonds. The van der Waals surface area contributed by atoms with Crippen LogP contribution in [0.1, 0.15) is 32.1 Å². The van der Waals surface area contributed by atoms with Crippen molar-refractivity contribution in [1.82, 2.24) is 15.2 Å². The molecular weight excluding hydrogens is 302 g/mol. The van der Waals surface area contributed by atoms with Crippen molar-refractivity contribution < 1.29 is 4.79 Å². The molecule has 6 heteroatoms. The van der Waals surface area contributed by atoms with Gasteiger partial charge in [0, 0.05) is 39.8 Å². The zero-order valence-electron chi connectivity index (χ0n) is 14.8. The molecule has 2 fully saturated rings. The lowest BCUT2D eigenvalue weighted by Gasteiger charge is -2.21. The Hall–Kier alpha value is -1.98. The van der Waals surface area contributed by atoms with E-state index in [0.29, 0.717) is 6.04 Å². The number of carbonyl (C=O) groups is 1. The van der Waals surface area contributed by atoms with Gasteiger partial charge in [-0.1, -0.05) is 0 Å². The van der Waals surface area contributed by atoms with Crippen LogP contribution in [0.5, 0.6) is 0 Å². The lowest BCUT2D eigenvalue weighted by Crippen LogP contribution is -2.41. The second-order valence-corrected chi connectivity index (χ2v) is 7.19. The number of nitrogens with zero attached hydrogens (tertiary/aromatic N) is 3. The Morgan fingerprint density at radius 1 is 1.25 bits per heavy atom. The van der Waals surface area contributed by atoms with Crippen LogP contribution in [-0.2, 0) is 0 Å². The van der Waals surface area contributed by atoms with Crippen molar-refractivity contribution in [2.24, 2.45) is 5.92 Å². The van der Waals surface area contributed by atoms with E-state index in [9.17, 15) is 4.79 Å². The second-order valence-electron chi connectivity index (χ2n) is 7.19. The van der Waals surface area contributed by atoms with Gasteiger partial charge in [-0.2, -0.15) is 0 Å². The fourth-order valence-electron chi connectivity index (χ4n) is 3.08. The van der Waals surface area contributed by atoms with Crippen LogP contribution in [0.2, 0.25) is 0 Å². The highest BCUT2D eigenvalue weighted by atomic mass is 16.2. The third kappa shape index (κ3) is 4.76. The van der Waals surface area contributed by atoms with Gasteiger partial charge in [0.25, 0.3) is 0 Å². The number of anilines is 2. The van der Waals surface area contributed by atoms with Crippen LogP contribution in [0.3, 0.4) is 0 Å². The van der Waals surface area contributed by atoms with Gasteiger partial charge in [-0.15, -0.1) is 0 Å². The molecular formula is C18H29N5O. The van der Waals surface area contributed by atoms with Gasteiger partial charge in [0.05, 0.1) is 11.9 Å². The van der Waals surface area contributed by atoms with Gasteiger partial charge in [-0.25, -0.2) is 9.78 Å². The summed E-state index contributed by atoms with van der Waals surface area (Å²) in [7, 11) is 3.98. The zero-order valence-corrected chi connectivity index (χ0v) is 14.8. The molecule has 6 nitrogen and oxygen atoms in total. The Labute approximate surface area is 144 Å². The van der Waals surface area contributed by atoms with Crippen molar-refractivity contribution in [1.29, 1.82) is 0 Å². The van der Waals surface area contributed by atoms with Gasteiger partial charge in [-0.3, -0.25) is 0 Å². The van der Waals surface area contributed by atoms with Crippen molar-refractivity contribution in [2.45, 2.75) is 38.1 Å². The van der Waals surface area contributed by atoms with E-state index in [0.717, 1.165) is 56.3 Å². The fraction of sp³-hybridized carbons (Fsp3) is 0.667. The SMILES string of the molecule is CN(C)c1ccc(N[C@@H]2CCCN(C(=O)NCC3CC3)CC2)cn1. The standard InChI is InChI=1S/C18H29N5O/c1-22(2)17-8-7-16(13-19-17)21-15-4-3-10-23(11-9-15)18(24)20-12-14-5-6-14/h7-8,13-15,21H,3-6,9-12H2,1-2H3,(H,20,24)/t15-/m1/s1. The number of hydrogen-bond acceptors (Lipinski definition) is 4. The molecule has 0 bridgehead atoms. The molecule has 1 atom stereocenters. The maximum absolute atomic E-state index is 12.2. The highest BCUT2D eigenvalue weighted by Crippen LogP contribution is 2.27. The number of carbonyl (C=O) groups excluding carboxylic acids is 1. The van der Waals surface area contributed by atoms with E-state index in [-0.39, 0.29) is 6.03 Å². The summed E-state index contributed by atoms with van der Waals surface area (Å²) >= 11 is 0. The quantitative estimate of drug-likeness (QED) is 0.870. The molecule has 2 N–H and O–H groups in total. The van der Waals surface area contributed by atoms with E-state index >= 15 is 0 Å². The predicted molar refractivity (Wildman–Crippen MR) is 97.5 cm³/mol. The number of likely N-dealkylation sites (tertiary alicyclic amines) is 1. The molecule has 2 aliphatic rings. The summed E-state index contributed by atoms with van der Waals surface area (Å²) in [6.07, 6.45) is 7.53. The van der Waals surface area contributed by atoms with Crippen LogP contribution >= 0.6 is 0 Å². The van der Waals surface area contributed by atoms with E-state index in [1.165, 1.54) is 12.8 Å². The van der Waals surface area contributed by atoms with E-state index < -0.39 is 0 Å². The molecule has 3 rings (SSSR count). The lowest BCUT2D eigenvalue weighted by molar-refractivity contribution is 0.199. The Morgan fingerprint density at radius 3 is 2.75 bits per heavy atom. The first-order valence-corrected chi connectivity index (χ1v) is 9.04. The number of hydrogen-bond donors (Lipinski definition) is 2.